The molecule has 0 atom stereocenters. The zero-order valence-electron chi connectivity index (χ0n) is 13.6. The first-order chi connectivity index (χ1) is 11.8. The SMILES string of the molecule is Cc1c(NCS(=O)(=O)O)c(=O)n(-c2cccc(-c3ccoc3)c2)n1C. The summed E-state index contributed by atoms with van der Waals surface area (Å²) in [6, 6.07) is 9.14. The Kier molecular flexibility index (Phi) is 4.27. The number of aromatic nitrogens is 2. The van der Waals surface area contributed by atoms with E-state index in [1.807, 2.05) is 24.3 Å². The zero-order valence-corrected chi connectivity index (χ0v) is 14.4. The second-order valence-corrected chi connectivity index (χ2v) is 7.02. The molecule has 2 N–H and O–H groups in total. The Morgan fingerprint density at radius 3 is 2.64 bits per heavy atom. The molecule has 1 aromatic carbocycles. The van der Waals surface area contributed by atoms with Crippen molar-refractivity contribution in [1.82, 2.24) is 9.36 Å². The molecule has 2 aromatic heterocycles. The van der Waals surface area contributed by atoms with E-state index in [0.29, 0.717) is 11.4 Å². The van der Waals surface area contributed by atoms with Gasteiger partial charge in [-0.15, -0.1) is 0 Å². The molecule has 3 rings (SSSR count). The Balaban J connectivity index is 2.07. The highest BCUT2D eigenvalue weighted by Crippen LogP contribution is 2.23. The van der Waals surface area contributed by atoms with Crippen molar-refractivity contribution in [3.63, 3.8) is 0 Å². The van der Waals surface area contributed by atoms with Crippen LogP contribution in [0.3, 0.4) is 0 Å². The van der Waals surface area contributed by atoms with Gasteiger partial charge in [-0.1, -0.05) is 12.1 Å². The molecule has 3 aromatic rings. The van der Waals surface area contributed by atoms with Gasteiger partial charge in [-0.3, -0.25) is 14.0 Å². The minimum Gasteiger partial charge on any atom is -0.472 e. The molecule has 0 radical (unpaired) electrons. The second kappa shape index (κ2) is 6.26. The molecule has 0 saturated heterocycles. The van der Waals surface area contributed by atoms with Crippen LogP contribution in [0.2, 0.25) is 0 Å². The fourth-order valence-corrected chi connectivity index (χ4v) is 2.94. The molecule has 0 saturated carbocycles. The van der Waals surface area contributed by atoms with Crippen molar-refractivity contribution in [2.24, 2.45) is 7.05 Å². The normalized spacial score (nSPS) is 11.6. The van der Waals surface area contributed by atoms with E-state index in [0.717, 1.165) is 11.1 Å². The summed E-state index contributed by atoms with van der Waals surface area (Å²) in [4.78, 5) is 12.7. The van der Waals surface area contributed by atoms with Gasteiger partial charge < -0.3 is 9.73 Å². The summed E-state index contributed by atoms with van der Waals surface area (Å²) < 4.78 is 38.9. The maximum atomic E-state index is 12.7. The predicted octanol–water partition coefficient (Wildman–Crippen LogP) is 2.00. The first kappa shape index (κ1) is 17.1. The molecule has 25 heavy (non-hydrogen) atoms. The summed E-state index contributed by atoms with van der Waals surface area (Å²) in [5, 5.41) is 2.49. The van der Waals surface area contributed by atoms with Crippen molar-refractivity contribution < 1.29 is 17.4 Å². The van der Waals surface area contributed by atoms with Crippen molar-refractivity contribution in [1.29, 1.82) is 0 Å². The highest BCUT2D eigenvalue weighted by atomic mass is 32.2. The smallest absolute Gasteiger partial charge is 0.295 e. The Morgan fingerprint density at radius 1 is 1.24 bits per heavy atom. The molecular formula is C16H17N3O5S. The summed E-state index contributed by atoms with van der Waals surface area (Å²) >= 11 is 0. The molecule has 0 fully saturated rings. The average Bonchev–Trinajstić information content (AvgIpc) is 3.14. The molecule has 0 unspecified atom stereocenters. The molecule has 0 bridgehead atoms. The van der Waals surface area contributed by atoms with Gasteiger partial charge in [0.1, 0.15) is 11.6 Å². The van der Waals surface area contributed by atoms with Crippen LogP contribution in [-0.4, -0.2) is 28.2 Å². The summed E-state index contributed by atoms with van der Waals surface area (Å²) in [6.45, 7) is 1.68. The minimum absolute atomic E-state index is 0.119. The van der Waals surface area contributed by atoms with Crippen molar-refractivity contribution in [2.45, 2.75) is 6.92 Å². The standard InChI is InChI=1S/C16H17N3O5S/c1-11-15(17-10-25(21,22)23)16(20)19(18(11)2)14-5-3-4-12(8-14)13-6-7-24-9-13/h3-9,17H,10H2,1-2H3,(H,21,22,23). The van der Waals surface area contributed by atoms with Gasteiger partial charge in [0, 0.05) is 12.6 Å². The molecule has 2 heterocycles. The first-order valence-electron chi connectivity index (χ1n) is 7.38. The molecule has 9 heteroatoms. The van der Waals surface area contributed by atoms with Crippen LogP contribution in [0.1, 0.15) is 5.69 Å². The van der Waals surface area contributed by atoms with E-state index in [1.54, 1.807) is 37.2 Å². The summed E-state index contributed by atoms with van der Waals surface area (Å²) in [5.74, 6) is -0.734. The van der Waals surface area contributed by atoms with Crippen LogP contribution in [0.15, 0.2) is 52.1 Å². The third-order valence-electron chi connectivity index (χ3n) is 3.93. The Bertz CT molecular complexity index is 1060. The van der Waals surface area contributed by atoms with E-state index in [2.05, 4.69) is 5.32 Å². The molecule has 0 spiro atoms. The molecule has 0 aliphatic heterocycles. The second-order valence-electron chi connectivity index (χ2n) is 5.57. The van der Waals surface area contributed by atoms with Crippen LogP contribution in [0.25, 0.3) is 16.8 Å². The number of nitrogens with one attached hydrogen (secondary N) is 1. The maximum absolute atomic E-state index is 12.7. The Labute approximate surface area is 144 Å². The van der Waals surface area contributed by atoms with E-state index < -0.39 is 21.6 Å². The third kappa shape index (κ3) is 3.37. The monoisotopic (exact) mass is 363 g/mol. The summed E-state index contributed by atoms with van der Waals surface area (Å²) in [5.41, 5.74) is 2.63. The van der Waals surface area contributed by atoms with Gasteiger partial charge in [-0.2, -0.15) is 8.42 Å². The summed E-state index contributed by atoms with van der Waals surface area (Å²) in [7, 11) is -2.55. The third-order valence-corrected chi connectivity index (χ3v) is 4.44. The van der Waals surface area contributed by atoms with Crippen LogP contribution < -0.4 is 10.9 Å². The predicted molar refractivity (Wildman–Crippen MR) is 93.5 cm³/mol. The number of benzene rings is 1. The average molecular weight is 363 g/mol. The molecule has 0 aliphatic rings. The Hall–Kier alpha value is -2.78. The van der Waals surface area contributed by atoms with Gasteiger partial charge in [0.2, 0.25) is 0 Å². The lowest BCUT2D eigenvalue weighted by molar-refractivity contribution is 0.485. The zero-order chi connectivity index (χ0) is 18.2. The summed E-state index contributed by atoms with van der Waals surface area (Å²) in [6.07, 6.45) is 3.18. The van der Waals surface area contributed by atoms with Gasteiger partial charge >= 0.3 is 0 Å². The van der Waals surface area contributed by atoms with Crippen LogP contribution in [0.5, 0.6) is 0 Å². The lowest BCUT2D eigenvalue weighted by atomic mass is 10.1. The quantitative estimate of drug-likeness (QED) is 0.672. The lowest BCUT2D eigenvalue weighted by Crippen LogP contribution is -2.22. The molecule has 132 valence electrons. The highest BCUT2D eigenvalue weighted by molar-refractivity contribution is 7.85. The van der Waals surface area contributed by atoms with Gasteiger partial charge in [0.25, 0.3) is 15.7 Å². The number of furan rings is 1. The number of hydrogen-bond acceptors (Lipinski definition) is 5. The van der Waals surface area contributed by atoms with Crippen LogP contribution in [0, 0.1) is 6.92 Å². The fraction of sp³-hybridized carbons (Fsp3) is 0.188. The molecule has 8 nitrogen and oxygen atoms in total. The van der Waals surface area contributed by atoms with Crippen LogP contribution in [0.4, 0.5) is 5.69 Å². The molecular weight excluding hydrogens is 346 g/mol. The van der Waals surface area contributed by atoms with Gasteiger partial charge in [-0.25, -0.2) is 4.68 Å². The van der Waals surface area contributed by atoms with Crippen molar-refractivity contribution in [2.75, 3.05) is 11.2 Å². The lowest BCUT2D eigenvalue weighted by Gasteiger charge is -2.09. The molecule has 0 aliphatic carbocycles. The van der Waals surface area contributed by atoms with Gasteiger partial charge in [0.15, 0.2) is 0 Å². The number of anilines is 1. The minimum atomic E-state index is -4.24. The van der Waals surface area contributed by atoms with E-state index in [-0.39, 0.29) is 5.69 Å². The largest absolute Gasteiger partial charge is 0.472 e. The highest BCUT2D eigenvalue weighted by Gasteiger charge is 2.18. The topological polar surface area (TPSA) is 106 Å². The maximum Gasteiger partial charge on any atom is 0.295 e. The van der Waals surface area contributed by atoms with Gasteiger partial charge in [0.05, 0.1) is 23.9 Å². The van der Waals surface area contributed by atoms with E-state index in [1.165, 1.54) is 4.68 Å². The van der Waals surface area contributed by atoms with E-state index in [9.17, 15) is 13.2 Å². The Morgan fingerprint density at radius 2 is 2.00 bits per heavy atom. The van der Waals surface area contributed by atoms with Gasteiger partial charge in [-0.05, 0) is 30.7 Å². The number of rotatable bonds is 5. The number of hydrogen-bond donors (Lipinski definition) is 2. The molecule has 0 amide bonds. The first-order valence-corrected chi connectivity index (χ1v) is 8.99. The van der Waals surface area contributed by atoms with Crippen molar-refractivity contribution >= 4 is 15.8 Å². The van der Waals surface area contributed by atoms with E-state index in [4.69, 9.17) is 8.97 Å². The fourth-order valence-electron chi connectivity index (χ4n) is 2.61. The van der Waals surface area contributed by atoms with Crippen molar-refractivity contribution in [3.05, 3.63) is 58.9 Å². The van der Waals surface area contributed by atoms with E-state index >= 15 is 0 Å². The van der Waals surface area contributed by atoms with Crippen molar-refractivity contribution in [3.8, 4) is 16.8 Å². The van der Waals surface area contributed by atoms with Crippen LogP contribution >= 0.6 is 0 Å². The number of nitrogens with zero attached hydrogens (tertiary/aromatic N) is 2. The van der Waals surface area contributed by atoms with Crippen LogP contribution in [-0.2, 0) is 17.2 Å².